The normalized spacial score (nSPS) is 27.7. The number of carbonyl (C=O) groups excluding carboxylic acids is 1. The summed E-state index contributed by atoms with van der Waals surface area (Å²) in [7, 11) is 0. The lowest BCUT2D eigenvalue weighted by molar-refractivity contribution is -0.182. The number of amides is 1. The molecule has 3 nitrogen and oxygen atoms in total. The van der Waals surface area contributed by atoms with E-state index in [1.807, 2.05) is 6.92 Å². The summed E-state index contributed by atoms with van der Waals surface area (Å²) in [6.45, 7) is 3.60. The standard InChI is InChI=1S/C13H23F3N2O/c1-3-8-12(2,17)11(19)18-10-6-4-9(5-7-10)13(14,15)16/h9-10H,3-8,17H2,1-2H3,(H,18,19). The topological polar surface area (TPSA) is 55.1 Å². The number of hydrogen-bond acceptors (Lipinski definition) is 2. The highest BCUT2D eigenvalue weighted by Crippen LogP contribution is 2.37. The molecule has 0 aromatic heterocycles. The molecule has 1 atom stereocenters. The molecule has 0 spiro atoms. The number of nitrogens with one attached hydrogen (secondary N) is 1. The quantitative estimate of drug-likeness (QED) is 0.832. The highest BCUT2D eigenvalue weighted by Gasteiger charge is 2.42. The van der Waals surface area contributed by atoms with Crippen LogP contribution in [0.1, 0.15) is 52.4 Å². The van der Waals surface area contributed by atoms with Crippen molar-refractivity contribution in [1.29, 1.82) is 0 Å². The van der Waals surface area contributed by atoms with Gasteiger partial charge in [-0.3, -0.25) is 4.79 Å². The number of alkyl halides is 3. The second-order valence-electron chi connectivity index (χ2n) is 5.73. The van der Waals surface area contributed by atoms with Crippen molar-refractivity contribution in [3.63, 3.8) is 0 Å². The van der Waals surface area contributed by atoms with E-state index in [0.29, 0.717) is 19.3 Å². The Bertz CT molecular complexity index is 308. The van der Waals surface area contributed by atoms with Crippen molar-refractivity contribution in [2.24, 2.45) is 11.7 Å². The Morgan fingerprint density at radius 2 is 1.79 bits per heavy atom. The first-order valence-corrected chi connectivity index (χ1v) is 6.83. The van der Waals surface area contributed by atoms with Crippen LogP contribution < -0.4 is 11.1 Å². The van der Waals surface area contributed by atoms with Gasteiger partial charge in [-0.15, -0.1) is 0 Å². The molecule has 0 heterocycles. The van der Waals surface area contributed by atoms with Crippen LogP contribution in [0.5, 0.6) is 0 Å². The van der Waals surface area contributed by atoms with E-state index in [-0.39, 0.29) is 24.8 Å². The second kappa shape index (κ2) is 6.11. The number of carbonyl (C=O) groups is 1. The van der Waals surface area contributed by atoms with Gasteiger partial charge in [0.25, 0.3) is 0 Å². The summed E-state index contributed by atoms with van der Waals surface area (Å²) < 4.78 is 37.5. The van der Waals surface area contributed by atoms with Crippen LogP contribution >= 0.6 is 0 Å². The Labute approximate surface area is 112 Å². The first-order chi connectivity index (χ1) is 8.66. The Hall–Kier alpha value is -0.780. The van der Waals surface area contributed by atoms with Crippen LogP contribution in [0.2, 0.25) is 0 Å². The van der Waals surface area contributed by atoms with Gasteiger partial charge in [-0.1, -0.05) is 13.3 Å². The molecular weight excluding hydrogens is 257 g/mol. The molecule has 0 radical (unpaired) electrons. The van der Waals surface area contributed by atoms with Gasteiger partial charge in [0.1, 0.15) is 0 Å². The molecule has 1 saturated carbocycles. The largest absolute Gasteiger partial charge is 0.391 e. The minimum absolute atomic E-state index is 0.0868. The van der Waals surface area contributed by atoms with Gasteiger partial charge in [-0.05, 0) is 39.0 Å². The van der Waals surface area contributed by atoms with Crippen molar-refractivity contribution < 1.29 is 18.0 Å². The molecule has 0 aromatic rings. The van der Waals surface area contributed by atoms with Crippen molar-refractivity contribution >= 4 is 5.91 Å². The Morgan fingerprint density at radius 3 is 2.21 bits per heavy atom. The molecule has 0 saturated heterocycles. The van der Waals surface area contributed by atoms with E-state index in [0.717, 1.165) is 6.42 Å². The summed E-state index contributed by atoms with van der Waals surface area (Å²) in [5.74, 6) is -1.48. The van der Waals surface area contributed by atoms with Crippen molar-refractivity contribution in [3.05, 3.63) is 0 Å². The minimum Gasteiger partial charge on any atom is -0.352 e. The van der Waals surface area contributed by atoms with Crippen molar-refractivity contribution in [2.45, 2.75) is 70.1 Å². The summed E-state index contributed by atoms with van der Waals surface area (Å²) >= 11 is 0. The van der Waals surface area contributed by atoms with E-state index in [2.05, 4.69) is 5.32 Å². The molecule has 1 rings (SSSR count). The summed E-state index contributed by atoms with van der Waals surface area (Å²) in [5.41, 5.74) is 4.96. The van der Waals surface area contributed by atoms with Gasteiger partial charge in [-0.2, -0.15) is 13.2 Å². The average Bonchev–Trinajstić information content (AvgIpc) is 2.28. The molecule has 19 heavy (non-hydrogen) atoms. The number of hydrogen-bond donors (Lipinski definition) is 2. The van der Waals surface area contributed by atoms with E-state index in [4.69, 9.17) is 5.73 Å². The molecule has 1 aliphatic carbocycles. The highest BCUT2D eigenvalue weighted by molar-refractivity contribution is 5.85. The maximum atomic E-state index is 12.5. The van der Waals surface area contributed by atoms with E-state index >= 15 is 0 Å². The number of nitrogens with two attached hydrogens (primary N) is 1. The van der Waals surface area contributed by atoms with Gasteiger partial charge in [0.05, 0.1) is 11.5 Å². The third-order valence-corrected chi connectivity index (χ3v) is 3.81. The van der Waals surface area contributed by atoms with Gasteiger partial charge in [0.2, 0.25) is 5.91 Å². The van der Waals surface area contributed by atoms with E-state index in [1.54, 1.807) is 6.92 Å². The van der Waals surface area contributed by atoms with Gasteiger partial charge in [-0.25, -0.2) is 0 Å². The van der Waals surface area contributed by atoms with Crippen LogP contribution in [0, 0.1) is 5.92 Å². The molecule has 3 N–H and O–H groups in total. The number of halogens is 3. The fourth-order valence-electron chi connectivity index (χ4n) is 2.55. The summed E-state index contributed by atoms with van der Waals surface area (Å²) in [6, 6.07) is -0.175. The SMILES string of the molecule is CCCC(C)(N)C(=O)NC1CCC(C(F)(F)F)CC1. The molecular formula is C13H23F3N2O. The van der Waals surface area contributed by atoms with Gasteiger partial charge in [0, 0.05) is 6.04 Å². The molecule has 1 amide bonds. The van der Waals surface area contributed by atoms with E-state index in [9.17, 15) is 18.0 Å². The minimum atomic E-state index is -4.11. The lowest BCUT2D eigenvalue weighted by atomic mass is 9.85. The molecule has 1 fully saturated rings. The van der Waals surface area contributed by atoms with Crippen LogP contribution in [0.15, 0.2) is 0 Å². The van der Waals surface area contributed by atoms with Gasteiger partial charge in [0.15, 0.2) is 0 Å². The van der Waals surface area contributed by atoms with Gasteiger partial charge >= 0.3 is 6.18 Å². The van der Waals surface area contributed by atoms with Crippen molar-refractivity contribution in [2.75, 3.05) is 0 Å². The molecule has 112 valence electrons. The average molecular weight is 280 g/mol. The molecule has 0 aliphatic heterocycles. The zero-order chi connectivity index (χ0) is 14.7. The third-order valence-electron chi connectivity index (χ3n) is 3.81. The number of rotatable bonds is 4. The third kappa shape index (κ3) is 4.67. The van der Waals surface area contributed by atoms with Crippen LogP contribution in [0.25, 0.3) is 0 Å². The maximum Gasteiger partial charge on any atom is 0.391 e. The first kappa shape index (κ1) is 16.3. The Kier molecular flexibility index (Phi) is 5.24. The van der Waals surface area contributed by atoms with E-state index in [1.165, 1.54) is 0 Å². The van der Waals surface area contributed by atoms with Crippen LogP contribution in [-0.4, -0.2) is 23.7 Å². The molecule has 1 aliphatic rings. The lowest BCUT2D eigenvalue weighted by Gasteiger charge is -2.32. The van der Waals surface area contributed by atoms with Crippen LogP contribution in [0.4, 0.5) is 13.2 Å². The Morgan fingerprint density at radius 1 is 1.26 bits per heavy atom. The van der Waals surface area contributed by atoms with Crippen molar-refractivity contribution in [3.8, 4) is 0 Å². The zero-order valence-electron chi connectivity index (χ0n) is 11.5. The summed E-state index contributed by atoms with van der Waals surface area (Å²) in [4.78, 5) is 11.9. The lowest BCUT2D eigenvalue weighted by Crippen LogP contribution is -2.54. The van der Waals surface area contributed by atoms with Crippen molar-refractivity contribution in [1.82, 2.24) is 5.32 Å². The van der Waals surface area contributed by atoms with E-state index < -0.39 is 17.6 Å². The maximum absolute atomic E-state index is 12.5. The summed E-state index contributed by atoms with van der Waals surface area (Å²) in [5, 5.41) is 2.78. The second-order valence-corrected chi connectivity index (χ2v) is 5.73. The first-order valence-electron chi connectivity index (χ1n) is 6.83. The predicted molar refractivity (Wildman–Crippen MR) is 67.4 cm³/mol. The molecule has 6 heteroatoms. The zero-order valence-corrected chi connectivity index (χ0v) is 11.5. The fraction of sp³-hybridized carbons (Fsp3) is 0.923. The highest BCUT2D eigenvalue weighted by atomic mass is 19.4. The van der Waals surface area contributed by atoms with Crippen LogP contribution in [0.3, 0.4) is 0 Å². The summed E-state index contributed by atoms with van der Waals surface area (Å²) in [6.07, 6.45) is -1.83. The Balaban J connectivity index is 2.43. The molecule has 1 unspecified atom stereocenters. The fourth-order valence-corrected chi connectivity index (χ4v) is 2.55. The van der Waals surface area contributed by atoms with Crippen LogP contribution in [-0.2, 0) is 4.79 Å². The predicted octanol–water partition coefficient (Wildman–Crippen LogP) is 2.74. The molecule has 0 bridgehead atoms. The smallest absolute Gasteiger partial charge is 0.352 e. The molecule has 0 aromatic carbocycles. The van der Waals surface area contributed by atoms with Gasteiger partial charge < -0.3 is 11.1 Å². The monoisotopic (exact) mass is 280 g/mol.